The van der Waals surface area contributed by atoms with Crippen LogP contribution in [0.2, 0.25) is 0 Å². The van der Waals surface area contributed by atoms with Crippen molar-refractivity contribution in [3.05, 3.63) is 71.8 Å². The second-order valence-electron chi connectivity index (χ2n) is 7.10. The Balaban J connectivity index is 1.85. The van der Waals surface area contributed by atoms with Gasteiger partial charge in [-0.25, -0.2) is 0 Å². The van der Waals surface area contributed by atoms with Crippen LogP contribution in [-0.4, -0.2) is 17.9 Å². The van der Waals surface area contributed by atoms with Crippen LogP contribution in [0, 0.1) is 5.92 Å². The molecule has 1 atom stereocenters. The fraction of sp³-hybridized carbons (Fsp3) is 0.364. The van der Waals surface area contributed by atoms with Crippen LogP contribution in [0.3, 0.4) is 0 Å². The van der Waals surface area contributed by atoms with E-state index in [1.807, 2.05) is 60.7 Å². The first-order valence-electron chi connectivity index (χ1n) is 9.33. The van der Waals surface area contributed by atoms with Crippen LogP contribution in [0.4, 0.5) is 0 Å². The van der Waals surface area contributed by atoms with Gasteiger partial charge in [0.15, 0.2) is 0 Å². The fourth-order valence-electron chi connectivity index (χ4n) is 3.93. The van der Waals surface area contributed by atoms with Crippen molar-refractivity contribution >= 4 is 11.8 Å². The minimum Gasteiger partial charge on any atom is -0.368 e. The van der Waals surface area contributed by atoms with Gasteiger partial charge in [0.2, 0.25) is 11.8 Å². The lowest BCUT2D eigenvalue weighted by atomic mass is 9.84. The number of benzene rings is 2. The predicted molar refractivity (Wildman–Crippen MR) is 102 cm³/mol. The number of carbonyl (C=O) groups excluding carboxylic acids is 2. The van der Waals surface area contributed by atoms with Gasteiger partial charge >= 0.3 is 0 Å². The Bertz CT molecular complexity index is 685. The number of carbonyl (C=O) groups is 2. The minimum absolute atomic E-state index is 0.0856. The molecule has 3 rings (SSSR count). The van der Waals surface area contributed by atoms with E-state index in [4.69, 9.17) is 5.73 Å². The van der Waals surface area contributed by atoms with Crippen molar-refractivity contribution < 1.29 is 9.59 Å². The summed E-state index contributed by atoms with van der Waals surface area (Å²) in [5.41, 5.74) is 7.64. The summed E-state index contributed by atoms with van der Waals surface area (Å²) in [4.78, 5) is 24.8. The van der Waals surface area contributed by atoms with Gasteiger partial charge in [-0.1, -0.05) is 73.5 Å². The van der Waals surface area contributed by atoms with Gasteiger partial charge in [-0.15, -0.1) is 0 Å². The first-order valence-corrected chi connectivity index (χ1v) is 9.33. The number of hydrogen-bond acceptors (Lipinski definition) is 2. The molecule has 0 aromatic heterocycles. The molecule has 0 unspecified atom stereocenters. The summed E-state index contributed by atoms with van der Waals surface area (Å²) in [5.74, 6) is -0.474. The zero-order valence-corrected chi connectivity index (χ0v) is 14.9. The van der Waals surface area contributed by atoms with E-state index in [0.717, 1.165) is 24.0 Å². The first kappa shape index (κ1) is 18.2. The van der Waals surface area contributed by atoms with E-state index in [-0.39, 0.29) is 11.8 Å². The van der Waals surface area contributed by atoms with Crippen LogP contribution < -0.4 is 11.1 Å². The van der Waals surface area contributed by atoms with Gasteiger partial charge in [0.1, 0.15) is 6.04 Å². The Kier molecular flexibility index (Phi) is 6.05. The molecule has 1 fully saturated rings. The molecule has 0 bridgehead atoms. The largest absolute Gasteiger partial charge is 0.368 e. The Morgan fingerprint density at radius 2 is 1.42 bits per heavy atom. The van der Waals surface area contributed by atoms with E-state index in [9.17, 15) is 9.59 Å². The van der Waals surface area contributed by atoms with E-state index in [2.05, 4.69) is 5.32 Å². The molecular formula is C22H26N2O2. The summed E-state index contributed by atoms with van der Waals surface area (Å²) in [6.07, 6.45) is 5.03. The Morgan fingerprint density at radius 3 is 1.88 bits per heavy atom. The summed E-state index contributed by atoms with van der Waals surface area (Å²) < 4.78 is 0. The molecule has 0 aliphatic heterocycles. The molecule has 4 heteroatoms. The van der Waals surface area contributed by atoms with Crippen molar-refractivity contribution in [1.82, 2.24) is 5.32 Å². The second-order valence-corrected chi connectivity index (χ2v) is 7.10. The number of primary amides is 1. The lowest BCUT2D eigenvalue weighted by molar-refractivity contribution is -0.128. The van der Waals surface area contributed by atoms with Gasteiger partial charge in [-0.05, 0) is 29.9 Å². The maximum atomic E-state index is 12.6. The molecular weight excluding hydrogens is 324 g/mol. The monoisotopic (exact) mass is 350 g/mol. The third-order valence-corrected chi connectivity index (χ3v) is 5.22. The molecule has 2 aromatic rings. The highest BCUT2D eigenvalue weighted by atomic mass is 16.2. The van der Waals surface area contributed by atoms with Crippen LogP contribution in [0.25, 0.3) is 0 Å². The topological polar surface area (TPSA) is 72.2 Å². The van der Waals surface area contributed by atoms with Crippen LogP contribution >= 0.6 is 0 Å². The number of nitrogens with two attached hydrogens (primary N) is 1. The zero-order valence-electron chi connectivity index (χ0n) is 14.9. The molecule has 1 aliphatic rings. The molecule has 3 N–H and O–H groups in total. The van der Waals surface area contributed by atoms with Gasteiger partial charge in [0, 0.05) is 12.3 Å². The molecule has 0 saturated heterocycles. The molecule has 0 radical (unpaired) electrons. The van der Waals surface area contributed by atoms with Crippen LogP contribution in [0.5, 0.6) is 0 Å². The highest BCUT2D eigenvalue weighted by molar-refractivity contribution is 5.88. The summed E-state index contributed by atoms with van der Waals surface area (Å²) in [6, 6.07) is 18.7. The van der Waals surface area contributed by atoms with Crippen molar-refractivity contribution in [2.75, 3.05) is 0 Å². The fourth-order valence-corrected chi connectivity index (χ4v) is 3.93. The minimum atomic E-state index is -0.770. The Labute approximate surface area is 154 Å². The lowest BCUT2D eigenvalue weighted by Gasteiger charge is -2.27. The van der Waals surface area contributed by atoms with E-state index >= 15 is 0 Å². The number of rotatable bonds is 7. The molecule has 2 amide bonds. The lowest BCUT2D eigenvalue weighted by Crippen LogP contribution is -2.48. The first-order chi connectivity index (χ1) is 12.6. The predicted octanol–water partition coefficient (Wildman–Crippen LogP) is 3.37. The van der Waals surface area contributed by atoms with Gasteiger partial charge in [-0.2, -0.15) is 0 Å². The van der Waals surface area contributed by atoms with Crippen molar-refractivity contribution in [2.24, 2.45) is 11.7 Å². The van der Waals surface area contributed by atoms with E-state index in [1.165, 1.54) is 12.8 Å². The second kappa shape index (κ2) is 8.65. The number of amides is 2. The molecule has 1 aliphatic carbocycles. The highest BCUT2D eigenvalue weighted by Gasteiger charge is 2.31. The summed E-state index contributed by atoms with van der Waals surface area (Å²) >= 11 is 0. The molecule has 0 spiro atoms. The molecule has 4 nitrogen and oxygen atoms in total. The van der Waals surface area contributed by atoms with Crippen molar-refractivity contribution in [3.8, 4) is 0 Å². The maximum Gasteiger partial charge on any atom is 0.240 e. The third kappa shape index (κ3) is 4.51. The molecule has 2 aromatic carbocycles. The third-order valence-electron chi connectivity index (χ3n) is 5.22. The van der Waals surface area contributed by atoms with Crippen LogP contribution in [0.15, 0.2) is 60.7 Å². The normalized spacial score (nSPS) is 15.7. The van der Waals surface area contributed by atoms with Gasteiger partial charge in [-0.3, -0.25) is 9.59 Å². The highest BCUT2D eigenvalue weighted by Crippen LogP contribution is 2.30. The molecule has 0 heterocycles. The van der Waals surface area contributed by atoms with Crippen molar-refractivity contribution in [3.63, 3.8) is 0 Å². The molecule has 136 valence electrons. The average Bonchev–Trinajstić information content (AvgIpc) is 3.16. The van der Waals surface area contributed by atoms with Gasteiger partial charge in [0.25, 0.3) is 0 Å². The van der Waals surface area contributed by atoms with Crippen LogP contribution in [0.1, 0.15) is 49.1 Å². The van der Waals surface area contributed by atoms with E-state index in [0.29, 0.717) is 12.3 Å². The van der Waals surface area contributed by atoms with Gasteiger partial charge < -0.3 is 11.1 Å². The van der Waals surface area contributed by atoms with Crippen molar-refractivity contribution in [1.29, 1.82) is 0 Å². The summed E-state index contributed by atoms with van der Waals surface area (Å²) in [7, 11) is 0. The van der Waals surface area contributed by atoms with Crippen molar-refractivity contribution in [2.45, 2.75) is 44.1 Å². The maximum absolute atomic E-state index is 12.6. The Hall–Kier alpha value is -2.62. The zero-order chi connectivity index (χ0) is 18.4. The van der Waals surface area contributed by atoms with Gasteiger partial charge in [0.05, 0.1) is 0 Å². The Morgan fingerprint density at radius 1 is 0.923 bits per heavy atom. The standard InChI is InChI=1S/C22H26N2O2/c23-22(26)21(24-19(25)15-16-9-7-8-10-16)20(17-11-3-1-4-12-17)18-13-5-2-6-14-18/h1-6,11-14,16,20-21H,7-10,15H2,(H2,23,26)(H,24,25)/t21-/m0/s1. The summed E-state index contributed by atoms with van der Waals surface area (Å²) in [5, 5.41) is 2.93. The van der Waals surface area contributed by atoms with E-state index in [1.54, 1.807) is 0 Å². The SMILES string of the molecule is NC(=O)[C@@H](NC(=O)CC1CCCC1)C(c1ccccc1)c1ccccc1. The van der Waals surface area contributed by atoms with Crippen LogP contribution in [-0.2, 0) is 9.59 Å². The quantitative estimate of drug-likeness (QED) is 0.803. The number of nitrogens with one attached hydrogen (secondary N) is 1. The molecule has 26 heavy (non-hydrogen) atoms. The molecule has 1 saturated carbocycles. The van der Waals surface area contributed by atoms with E-state index < -0.39 is 11.9 Å². The smallest absolute Gasteiger partial charge is 0.240 e. The number of hydrogen-bond donors (Lipinski definition) is 2. The summed E-state index contributed by atoms with van der Waals surface area (Å²) in [6.45, 7) is 0. The average molecular weight is 350 g/mol.